The van der Waals surface area contributed by atoms with E-state index in [9.17, 15) is 4.79 Å². The third kappa shape index (κ3) is 4.11. The molecule has 0 unspecified atom stereocenters. The van der Waals surface area contributed by atoms with Crippen molar-refractivity contribution in [3.63, 3.8) is 0 Å². The average molecular weight is 201 g/mol. The summed E-state index contributed by atoms with van der Waals surface area (Å²) in [6, 6.07) is 0.0642. The number of nitrogens with zero attached hydrogens (tertiary/aromatic N) is 2. The minimum Gasteiger partial charge on any atom is -0.409 e. The van der Waals surface area contributed by atoms with E-state index in [-0.39, 0.29) is 24.3 Å². The number of amides is 1. The molecule has 82 valence electrons. The van der Waals surface area contributed by atoms with E-state index in [1.54, 1.807) is 4.90 Å². The first kappa shape index (κ1) is 12.7. The van der Waals surface area contributed by atoms with Gasteiger partial charge in [0.1, 0.15) is 0 Å². The van der Waals surface area contributed by atoms with Crippen molar-refractivity contribution in [2.45, 2.75) is 39.7 Å². The van der Waals surface area contributed by atoms with E-state index in [1.165, 1.54) is 0 Å². The van der Waals surface area contributed by atoms with Crippen LogP contribution in [0.5, 0.6) is 0 Å². The number of carbonyl (C=O) groups excluding carboxylic acids is 1. The van der Waals surface area contributed by atoms with Crippen molar-refractivity contribution >= 4 is 11.7 Å². The van der Waals surface area contributed by atoms with Gasteiger partial charge in [-0.05, 0) is 20.3 Å². The molecule has 0 aliphatic heterocycles. The zero-order valence-electron chi connectivity index (χ0n) is 9.03. The summed E-state index contributed by atoms with van der Waals surface area (Å²) in [6.45, 7) is 5.93. The third-order valence-corrected chi connectivity index (χ3v) is 1.87. The molecule has 0 aliphatic carbocycles. The molecular formula is C9H19N3O2. The van der Waals surface area contributed by atoms with Crippen LogP contribution in [0.3, 0.4) is 0 Å². The Kier molecular flexibility index (Phi) is 5.67. The monoisotopic (exact) mass is 201 g/mol. The van der Waals surface area contributed by atoms with Gasteiger partial charge in [-0.3, -0.25) is 4.79 Å². The van der Waals surface area contributed by atoms with Gasteiger partial charge in [0.05, 0.1) is 6.54 Å². The molecule has 0 aromatic rings. The van der Waals surface area contributed by atoms with Crippen molar-refractivity contribution in [2.24, 2.45) is 10.9 Å². The fourth-order valence-corrected chi connectivity index (χ4v) is 1.12. The van der Waals surface area contributed by atoms with Crippen molar-refractivity contribution in [1.82, 2.24) is 4.90 Å². The fraction of sp³-hybridized carbons (Fsp3) is 0.778. The van der Waals surface area contributed by atoms with Gasteiger partial charge in [-0.15, -0.1) is 0 Å². The number of amidine groups is 1. The first-order valence-corrected chi connectivity index (χ1v) is 4.78. The van der Waals surface area contributed by atoms with Gasteiger partial charge < -0.3 is 15.8 Å². The van der Waals surface area contributed by atoms with Crippen LogP contribution in [-0.4, -0.2) is 34.4 Å². The van der Waals surface area contributed by atoms with Gasteiger partial charge in [-0.2, -0.15) is 0 Å². The van der Waals surface area contributed by atoms with Crippen LogP contribution in [0.2, 0.25) is 0 Å². The van der Waals surface area contributed by atoms with Gasteiger partial charge >= 0.3 is 0 Å². The lowest BCUT2D eigenvalue weighted by Crippen LogP contribution is -2.42. The molecule has 0 aliphatic rings. The van der Waals surface area contributed by atoms with E-state index in [0.717, 1.165) is 6.42 Å². The van der Waals surface area contributed by atoms with Crippen LogP contribution in [0.25, 0.3) is 0 Å². The van der Waals surface area contributed by atoms with E-state index in [4.69, 9.17) is 10.9 Å². The zero-order valence-corrected chi connectivity index (χ0v) is 9.03. The van der Waals surface area contributed by atoms with Crippen LogP contribution < -0.4 is 5.73 Å². The van der Waals surface area contributed by atoms with Crippen molar-refractivity contribution in [1.29, 1.82) is 0 Å². The predicted molar refractivity (Wildman–Crippen MR) is 55.2 cm³/mol. The SMILES string of the molecule is CCCC(=O)N(CC(N)=NO)C(C)C. The molecule has 5 nitrogen and oxygen atoms in total. The topological polar surface area (TPSA) is 78.9 Å². The summed E-state index contributed by atoms with van der Waals surface area (Å²) in [5.41, 5.74) is 5.35. The van der Waals surface area contributed by atoms with E-state index in [2.05, 4.69) is 5.16 Å². The molecule has 3 N–H and O–H groups in total. The molecule has 0 saturated heterocycles. The number of oxime groups is 1. The Hall–Kier alpha value is -1.26. The maximum atomic E-state index is 11.6. The van der Waals surface area contributed by atoms with E-state index in [0.29, 0.717) is 6.42 Å². The standard InChI is InChI=1S/C9H19N3O2/c1-4-5-9(13)12(7(2)3)6-8(10)11-14/h7,14H,4-6H2,1-3H3,(H2,10,11). The Morgan fingerprint density at radius 1 is 1.57 bits per heavy atom. The smallest absolute Gasteiger partial charge is 0.223 e. The molecule has 0 fully saturated rings. The number of rotatable bonds is 5. The molecule has 0 radical (unpaired) electrons. The number of nitrogens with two attached hydrogens (primary N) is 1. The minimum absolute atomic E-state index is 0.0362. The molecule has 0 rings (SSSR count). The van der Waals surface area contributed by atoms with Crippen LogP contribution in [-0.2, 0) is 4.79 Å². The Labute approximate surface area is 84.6 Å². The molecule has 14 heavy (non-hydrogen) atoms. The number of hydrogen-bond acceptors (Lipinski definition) is 3. The van der Waals surface area contributed by atoms with E-state index in [1.807, 2.05) is 20.8 Å². The van der Waals surface area contributed by atoms with Crippen molar-refractivity contribution in [2.75, 3.05) is 6.54 Å². The summed E-state index contributed by atoms with van der Waals surface area (Å²) in [5, 5.41) is 11.3. The highest BCUT2D eigenvalue weighted by molar-refractivity contribution is 5.87. The lowest BCUT2D eigenvalue weighted by Gasteiger charge is -2.25. The van der Waals surface area contributed by atoms with Gasteiger partial charge in [0.2, 0.25) is 5.91 Å². The van der Waals surface area contributed by atoms with Gasteiger partial charge in [0.25, 0.3) is 0 Å². The van der Waals surface area contributed by atoms with Crippen LogP contribution >= 0.6 is 0 Å². The van der Waals surface area contributed by atoms with Crippen molar-refractivity contribution in [3.05, 3.63) is 0 Å². The fourth-order valence-electron chi connectivity index (χ4n) is 1.12. The summed E-state index contributed by atoms with van der Waals surface area (Å²) >= 11 is 0. The molecule has 0 atom stereocenters. The van der Waals surface area contributed by atoms with Gasteiger partial charge in [0.15, 0.2) is 5.84 Å². The third-order valence-electron chi connectivity index (χ3n) is 1.87. The first-order valence-electron chi connectivity index (χ1n) is 4.78. The lowest BCUT2D eigenvalue weighted by molar-refractivity contribution is -0.132. The van der Waals surface area contributed by atoms with Gasteiger partial charge in [-0.1, -0.05) is 12.1 Å². The molecule has 1 amide bonds. The summed E-state index contributed by atoms with van der Waals surface area (Å²) in [6.07, 6.45) is 1.30. The zero-order chi connectivity index (χ0) is 11.1. The van der Waals surface area contributed by atoms with E-state index < -0.39 is 0 Å². The van der Waals surface area contributed by atoms with Gasteiger partial charge in [0, 0.05) is 12.5 Å². The van der Waals surface area contributed by atoms with Gasteiger partial charge in [-0.25, -0.2) is 0 Å². The highest BCUT2D eigenvalue weighted by Gasteiger charge is 2.16. The van der Waals surface area contributed by atoms with Crippen LogP contribution in [0.4, 0.5) is 0 Å². The maximum absolute atomic E-state index is 11.6. The second kappa shape index (κ2) is 6.23. The molecule has 5 heteroatoms. The van der Waals surface area contributed by atoms with Crippen LogP contribution in [0.15, 0.2) is 5.16 Å². The second-order valence-corrected chi connectivity index (χ2v) is 3.46. The first-order chi connectivity index (χ1) is 6.52. The minimum atomic E-state index is 0.0362. The summed E-state index contributed by atoms with van der Waals surface area (Å²) < 4.78 is 0. The molecular weight excluding hydrogens is 182 g/mol. The lowest BCUT2D eigenvalue weighted by atomic mass is 10.2. The average Bonchev–Trinajstić information content (AvgIpc) is 2.13. The number of carbonyl (C=O) groups is 1. The van der Waals surface area contributed by atoms with Crippen molar-refractivity contribution < 1.29 is 10.0 Å². The number of hydrogen-bond donors (Lipinski definition) is 2. The Morgan fingerprint density at radius 2 is 2.14 bits per heavy atom. The molecule has 0 heterocycles. The highest BCUT2D eigenvalue weighted by Crippen LogP contribution is 2.03. The molecule has 0 aromatic heterocycles. The van der Waals surface area contributed by atoms with Crippen molar-refractivity contribution in [3.8, 4) is 0 Å². The summed E-state index contributed by atoms with van der Waals surface area (Å²) in [5.74, 6) is 0.0947. The molecule has 0 bridgehead atoms. The van der Waals surface area contributed by atoms with Crippen LogP contribution in [0, 0.1) is 0 Å². The molecule has 0 aromatic carbocycles. The summed E-state index contributed by atoms with van der Waals surface area (Å²) in [7, 11) is 0. The molecule has 0 saturated carbocycles. The maximum Gasteiger partial charge on any atom is 0.223 e. The predicted octanol–water partition coefficient (Wildman–Crippen LogP) is 0.770. The van der Waals surface area contributed by atoms with E-state index >= 15 is 0 Å². The summed E-state index contributed by atoms with van der Waals surface area (Å²) in [4.78, 5) is 13.2. The normalized spacial score (nSPS) is 11.9. The quantitative estimate of drug-likeness (QED) is 0.298. The Bertz CT molecular complexity index is 214. The second-order valence-electron chi connectivity index (χ2n) is 3.46. The Balaban J connectivity index is 4.36. The van der Waals surface area contributed by atoms with Crippen LogP contribution in [0.1, 0.15) is 33.6 Å². The Morgan fingerprint density at radius 3 is 2.50 bits per heavy atom. The highest BCUT2D eigenvalue weighted by atomic mass is 16.4. The largest absolute Gasteiger partial charge is 0.409 e. The molecule has 0 spiro atoms.